The highest BCUT2D eigenvalue weighted by molar-refractivity contribution is 9.10. The molecule has 0 bridgehead atoms. The minimum atomic E-state index is -0.136. The summed E-state index contributed by atoms with van der Waals surface area (Å²) in [6.45, 7) is 0. The van der Waals surface area contributed by atoms with Crippen molar-refractivity contribution in [2.45, 2.75) is 0 Å². The summed E-state index contributed by atoms with van der Waals surface area (Å²) in [5.41, 5.74) is 0.619. The third-order valence-electron chi connectivity index (χ3n) is 1.33. The molecule has 0 radical (unpaired) electrons. The van der Waals surface area contributed by atoms with Gasteiger partial charge in [-0.15, -0.1) is 0 Å². The van der Waals surface area contributed by atoms with Crippen molar-refractivity contribution in [1.29, 1.82) is 0 Å². The predicted octanol–water partition coefficient (Wildman–Crippen LogP) is 0.718. The Hall–Kier alpha value is -0.970. The van der Waals surface area contributed by atoms with E-state index >= 15 is 0 Å². The molecule has 0 fully saturated rings. The summed E-state index contributed by atoms with van der Waals surface area (Å²) in [4.78, 5) is 16.4. The van der Waals surface area contributed by atoms with Crippen molar-refractivity contribution in [1.82, 2.24) is 14.4 Å². The van der Waals surface area contributed by atoms with Crippen LogP contribution in [0.25, 0.3) is 5.65 Å². The fraction of sp³-hybridized carbons (Fsp3) is 0. The quantitative estimate of drug-likeness (QED) is 0.649. The van der Waals surface area contributed by atoms with Gasteiger partial charge in [-0.25, -0.2) is 4.79 Å². The van der Waals surface area contributed by atoms with E-state index in [1.807, 2.05) is 0 Å². The van der Waals surface area contributed by atoms with Crippen LogP contribution in [-0.4, -0.2) is 14.4 Å². The molecule has 10 heavy (non-hydrogen) atoms. The monoisotopic (exact) mass is 201 g/mol. The van der Waals surface area contributed by atoms with Crippen molar-refractivity contribution in [3.63, 3.8) is 0 Å². The fourth-order valence-electron chi connectivity index (χ4n) is 0.886. The molecule has 0 unspecified atom stereocenters. The molecular formula is C5H4BrN3O. The Bertz CT molecular complexity index is 410. The van der Waals surface area contributed by atoms with Gasteiger partial charge in [0.2, 0.25) is 0 Å². The number of aromatic amines is 2. The Morgan fingerprint density at radius 1 is 1.60 bits per heavy atom. The Labute approximate surface area is 64.0 Å². The van der Waals surface area contributed by atoms with Crippen LogP contribution in [0, 0.1) is 0 Å². The molecule has 4 nitrogen and oxygen atoms in total. The number of H-pyrrole nitrogens is 2. The molecule has 0 saturated carbocycles. The summed E-state index contributed by atoms with van der Waals surface area (Å²) >= 11 is 3.19. The van der Waals surface area contributed by atoms with Gasteiger partial charge in [0.1, 0.15) is 10.3 Å². The average molecular weight is 202 g/mol. The second-order valence-corrected chi connectivity index (χ2v) is 2.72. The summed E-state index contributed by atoms with van der Waals surface area (Å²) in [5.74, 6) is 0. The Morgan fingerprint density at radius 2 is 2.40 bits per heavy atom. The summed E-state index contributed by atoms with van der Waals surface area (Å²) in [6.07, 6.45) is 3.37. The SMILES string of the molecule is O=c1[nH]c(Br)c2[nH]ccn12. The summed E-state index contributed by atoms with van der Waals surface area (Å²) in [5, 5.41) is 0. The van der Waals surface area contributed by atoms with Crippen LogP contribution < -0.4 is 5.69 Å². The van der Waals surface area contributed by atoms with Crippen molar-refractivity contribution in [3.8, 4) is 0 Å². The maximum Gasteiger partial charge on any atom is 0.332 e. The third-order valence-corrected chi connectivity index (χ3v) is 1.90. The minimum absolute atomic E-state index is 0.136. The van der Waals surface area contributed by atoms with Gasteiger partial charge in [0, 0.05) is 12.4 Å². The molecule has 0 aliphatic carbocycles. The maximum atomic E-state index is 10.9. The molecular weight excluding hydrogens is 198 g/mol. The maximum absolute atomic E-state index is 10.9. The van der Waals surface area contributed by atoms with Crippen molar-refractivity contribution in [2.24, 2.45) is 0 Å². The largest absolute Gasteiger partial charge is 0.344 e. The molecule has 0 atom stereocenters. The molecule has 2 N–H and O–H groups in total. The standard InChI is InChI=1S/C5H4BrN3O/c6-3-4-7-1-2-9(4)5(10)8-3/h1-2,7H,(H,8,10). The highest BCUT2D eigenvalue weighted by Crippen LogP contribution is 2.09. The van der Waals surface area contributed by atoms with E-state index in [1.54, 1.807) is 12.4 Å². The molecule has 2 rings (SSSR count). The first-order chi connectivity index (χ1) is 4.79. The lowest BCUT2D eigenvalue weighted by molar-refractivity contribution is 1.08. The van der Waals surface area contributed by atoms with Gasteiger partial charge in [0.25, 0.3) is 0 Å². The Balaban J connectivity index is 3.12. The van der Waals surface area contributed by atoms with Gasteiger partial charge in [-0.1, -0.05) is 0 Å². The van der Waals surface area contributed by atoms with Crippen molar-refractivity contribution in [3.05, 3.63) is 27.5 Å². The normalized spacial score (nSPS) is 10.9. The first-order valence-electron chi connectivity index (χ1n) is 2.72. The van der Waals surface area contributed by atoms with E-state index < -0.39 is 0 Å². The zero-order valence-corrected chi connectivity index (χ0v) is 6.47. The average Bonchev–Trinajstić information content (AvgIpc) is 2.39. The van der Waals surface area contributed by atoms with Gasteiger partial charge in [-0.05, 0) is 15.9 Å². The lowest BCUT2D eigenvalue weighted by Crippen LogP contribution is -2.06. The van der Waals surface area contributed by atoms with Crippen molar-refractivity contribution < 1.29 is 0 Å². The van der Waals surface area contributed by atoms with Crippen LogP contribution in [0.5, 0.6) is 0 Å². The van der Waals surface area contributed by atoms with E-state index in [-0.39, 0.29) is 5.69 Å². The Morgan fingerprint density at radius 3 is 3.10 bits per heavy atom. The number of nitrogens with one attached hydrogen (secondary N) is 2. The van der Waals surface area contributed by atoms with Gasteiger partial charge in [0.15, 0.2) is 0 Å². The molecule has 2 aromatic heterocycles. The van der Waals surface area contributed by atoms with Crippen LogP contribution >= 0.6 is 15.9 Å². The molecule has 0 amide bonds. The predicted molar refractivity (Wildman–Crippen MR) is 40.1 cm³/mol. The molecule has 0 aromatic carbocycles. The molecule has 52 valence electrons. The van der Waals surface area contributed by atoms with Gasteiger partial charge in [-0.2, -0.15) is 0 Å². The van der Waals surface area contributed by atoms with E-state index in [2.05, 4.69) is 25.9 Å². The van der Waals surface area contributed by atoms with Crippen LogP contribution in [-0.2, 0) is 0 Å². The second-order valence-electron chi connectivity index (χ2n) is 1.92. The van der Waals surface area contributed by atoms with Crippen molar-refractivity contribution in [2.75, 3.05) is 0 Å². The van der Waals surface area contributed by atoms with Gasteiger partial charge in [0.05, 0.1) is 0 Å². The smallest absolute Gasteiger partial charge is 0.332 e. The minimum Gasteiger partial charge on any atom is -0.344 e. The molecule has 5 heteroatoms. The number of fused-ring (bicyclic) bond motifs is 1. The van der Waals surface area contributed by atoms with Gasteiger partial charge < -0.3 is 4.98 Å². The van der Waals surface area contributed by atoms with Gasteiger partial charge in [-0.3, -0.25) is 9.38 Å². The highest BCUT2D eigenvalue weighted by Gasteiger charge is 2.02. The first-order valence-corrected chi connectivity index (χ1v) is 3.51. The lowest BCUT2D eigenvalue weighted by Gasteiger charge is -1.76. The second kappa shape index (κ2) is 1.76. The number of rotatable bonds is 0. The van der Waals surface area contributed by atoms with E-state index in [9.17, 15) is 4.79 Å². The number of halogens is 1. The van der Waals surface area contributed by atoms with E-state index in [4.69, 9.17) is 0 Å². The van der Waals surface area contributed by atoms with E-state index in [0.717, 1.165) is 5.65 Å². The van der Waals surface area contributed by atoms with Crippen LogP contribution in [0.2, 0.25) is 0 Å². The molecule has 0 saturated heterocycles. The summed E-state index contributed by atoms with van der Waals surface area (Å²) in [6, 6.07) is 0. The van der Waals surface area contributed by atoms with Crippen LogP contribution in [0.15, 0.2) is 21.8 Å². The first kappa shape index (κ1) is 5.79. The van der Waals surface area contributed by atoms with E-state index in [0.29, 0.717) is 4.60 Å². The number of hydrogen-bond donors (Lipinski definition) is 2. The lowest BCUT2D eigenvalue weighted by atomic mass is 10.8. The number of hydrogen-bond acceptors (Lipinski definition) is 1. The highest BCUT2D eigenvalue weighted by atomic mass is 79.9. The molecule has 0 spiro atoms. The van der Waals surface area contributed by atoms with Crippen LogP contribution in [0.3, 0.4) is 0 Å². The summed E-state index contributed by atoms with van der Waals surface area (Å²) in [7, 11) is 0. The Kier molecular flexibility index (Phi) is 1.02. The molecule has 0 aliphatic heterocycles. The zero-order valence-electron chi connectivity index (χ0n) is 4.89. The topological polar surface area (TPSA) is 53.1 Å². The molecule has 2 heterocycles. The zero-order chi connectivity index (χ0) is 7.14. The van der Waals surface area contributed by atoms with Crippen molar-refractivity contribution >= 4 is 21.6 Å². The van der Waals surface area contributed by atoms with Crippen LogP contribution in [0.4, 0.5) is 0 Å². The fourth-order valence-corrected chi connectivity index (χ4v) is 1.36. The van der Waals surface area contributed by atoms with Gasteiger partial charge >= 0.3 is 5.69 Å². The number of imidazole rings is 2. The number of aromatic nitrogens is 3. The van der Waals surface area contributed by atoms with E-state index in [1.165, 1.54) is 4.40 Å². The number of nitrogens with zero attached hydrogens (tertiary/aromatic N) is 1. The summed E-state index contributed by atoms with van der Waals surface area (Å²) < 4.78 is 2.17. The molecule has 0 aliphatic rings. The van der Waals surface area contributed by atoms with Crippen LogP contribution in [0.1, 0.15) is 0 Å². The third kappa shape index (κ3) is 0.578. The molecule has 2 aromatic rings.